The maximum absolute atomic E-state index is 12.6. The van der Waals surface area contributed by atoms with Crippen LogP contribution in [0.3, 0.4) is 0 Å². The Labute approximate surface area is 124 Å². The first-order valence-electron chi connectivity index (χ1n) is 7.82. The average molecular weight is 290 g/mol. The van der Waals surface area contributed by atoms with Crippen molar-refractivity contribution < 1.29 is 4.79 Å². The molecule has 2 saturated heterocycles. The summed E-state index contributed by atoms with van der Waals surface area (Å²) in [6.45, 7) is 4.01. The summed E-state index contributed by atoms with van der Waals surface area (Å²) in [5.74, 6) is -0.0934. The molecule has 2 fully saturated rings. The number of aromatic amines is 1. The van der Waals surface area contributed by atoms with E-state index >= 15 is 0 Å². The molecule has 1 atom stereocenters. The first-order valence-corrected chi connectivity index (χ1v) is 7.82. The van der Waals surface area contributed by atoms with Gasteiger partial charge in [0.2, 0.25) is 0 Å². The SMILES string of the molecule is O=C(c1cncc(=O)[nH]1)N1CCCCC1CN1CCCC1. The first kappa shape index (κ1) is 14.3. The van der Waals surface area contributed by atoms with Crippen molar-refractivity contribution in [2.75, 3.05) is 26.2 Å². The Morgan fingerprint density at radius 3 is 2.71 bits per heavy atom. The van der Waals surface area contributed by atoms with E-state index in [0.717, 1.165) is 39.0 Å². The van der Waals surface area contributed by atoms with Crippen LogP contribution in [0.2, 0.25) is 0 Å². The molecule has 1 N–H and O–H groups in total. The van der Waals surface area contributed by atoms with Crippen LogP contribution < -0.4 is 5.56 Å². The lowest BCUT2D eigenvalue weighted by atomic mass is 10.0. The van der Waals surface area contributed by atoms with Crippen molar-refractivity contribution in [3.05, 3.63) is 28.4 Å². The summed E-state index contributed by atoms with van der Waals surface area (Å²) in [6, 6.07) is 0.257. The highest BCUT2D eigenvalue weighted by atomic mass is 16.2. The number of carbonyl (C=O) groups is 1. The fourth-order valence-electron chi connectivity index (χ4n) is 3.36. The minimum atomic E-state index is -0.325. The fourth-order valence-corrected chi connectivity index (χ4v) is 3.36. The third-order valence-corrected chi connectivity index (χ3v) is 4.44. The third kappa shape index (κ3) is 3.32. The highest BCUT2D eigenvalue weighted by Gasteiger charge is 2.30. The Bertz CT molecular complexity index is 551. The van der Waals surface area contributed by atoms with Crippen molar-refractivity contribution in [1.29, 1.82) is 0 Å². The number of H-pyrrole nitrogens is 1. The van der Waals surface area contributed by atoms with Crippen molar-refractivity contribution in [3.63, 3.8) is 0 Å². The molecule has 0 radical (unpaired) electrons. The Balaban J connectivity index is 1.73. The van der Waals surface area contributed by atoms with Crippen molar-refractivity contribution in [3.8, 4) is 0 Å². The molecule has 0 saturated carbocycles. The van der Waals surface area contributed by atoms with Crippen LogP contribution in [0.25, 0.3) is 0 Å². The van der Waals surface area contributed by atoms with Gasteiger partial charge in [-0.15, -0.1) is 0 Å². The van der Waals surface area contributed by atoms with Gasteiger partial charge in [-0.1, -0.05) is 0 Å². The average Bonchev–Trinajstić information content (AvgIpc) is 3.00. The van der Waals surface area contributed by atoms with E-state index in [9.17, 15) is 9.59 Å². The van der Waals surface area contributed by atoms with Gasteiger partial charge in [0.15, 0.2) is 0 Å². The summed E-state index contributed by atoms with van der Waals surface area (Å²) < 4.78 is 0. The molecule has 3 heterocycles. The van der Waals surface area contributed by atoms with E-state index in [4.69, 9.17) is 0 Å². The molecule has 0 aromatic carbocycles. The molecule has 6 nitrogen and oxygen atoms in total. The molecule has 1 unspecified atom stereocenters. The molecule has 2 aliphatic rings. The molecule has 114 valence electrons. The lowest BCUT2D eigenvalue weighted by Gasteiger charge is -2.37. The third-order valence-electron chi connectivity index (χ3n) is 4.44. The molecule has 2 aliphatic heterocycles. The summed E-state index contributed by atoms with van der Waals surface area (Å²) in [7, 11) is 0. The van der Waals surface area contributed by atoms with Gasteiger partial charge in [0.05, 0.1) is 12.4 Å². The van der Waals surface area contributed by atoms with Gasteiger partial charge in [0.1, 0.15) is 5.69 Å². The first-order chi connectivity index (χ1) is 10.2. The predicted octanol–water partition coefficient (Wildman–Crippen LogP) is 0.860. The van der Waals surface area contributed by atoms with E-state index in [2.05, 4.69) is 14.9 Å². The second-order valence-corrected chi connectivity index (χ2v) is 5.97. The van der Waals surface area contributed by atoms with Gasteiger partial charge in [-0.25, -0.2) is 0 Å². The van der Waals surface area contributed by atoms with E-state index in [-0.39, 0.29) is 17.5 Å². The summed E-state index contributed by atoms with van der Waals surface area (Å²) >= 11 is 0. The molecule has 1 aromatic rings. The van der Waals surface area contributed by atoms with Gasteiger partial charge < -0.3 is 14.8 Å². The van der Waals surface area contributed by atoms with Crippen molar-refractivity contribution in [2.45, 2.75) is 38.1 Å². The molecule has 1 amide bonds. The van der Waals surface area contributed by atoms with E-state index in [1.54, 1.807) is 0 Å². The number of nitrogens with zero attached hydrogens (tertiary/aromatic N) is 3. The maximum atomic E-state index is 12.6. The molecular weight excluding hydrogens is 268 g/mol. The largest absolute Gasteiger partial charge is 0.333 e. The van der Waals surface area contributed by atoms with E-state index < -0.39 is 0 Å². The van der Waals surface area contributed by atoms with Crippen LogP contribution >= 0.6 is 0 Å². The van der Waals surface area contributed by atoms with Crippen LogP contribution in [0.1, 0.15) is 42.6 Å². The molecule has 0 bridgehead atoms. The minimum absolute atomic E-state index is 0.0934. The number of nitrogens with one attached hydrogen (secondary N) is 1. The molecular formula is C15H22N4O2. The zero-order valence-corrected chi connectivity index (χ0v) is 12.3. The smallest absolute Gasteiger partial charge is 0.272 e. The number of likely N-dealkylation sites (tertiary alicyclic amines) is 2. The number of amides is 1. The summed E-state index contributed by atoms with van der Waals surface area (Å²) in [4.78, 5) is 34.8. The normalized spacial score (nSPS) is 23.4. The molecule has 0 aliphatic carbocycles. The van der Waals surface area contributed by atoms with Crippen LogP contribution in [-0.2, 0) is 0 Å². The Morgan fingerprint density at radius 1 is 1.19 bits per heavy atom. The van der Waals surface area contributed by atoms with Crippen LogP contribution in [0.4, 0.5) is 0 Å². The van der Waals surface area contributed by atoms with Gasteiger partial charge in [-0.3, -0.25) is 14.6 Å². The molecule has 21 heavy (non-hydrogen) atoms. The summed E-state index contributed by atoms with van der Waals surface area (Å²) in [5.41, 5.74) is -0.0234. The van der Waals surface area contributed by atoms with E-state index in [1.807, 2.05) is 4.90 Å². The number of hydrogen-bond donors (Lipinski definition) is 1. The molecule has 3 rings (SSSR count). The number of carbonyl (C=O) groups excluding carboxylic acids is 1. The fraction of sp³-hybridized carbons (Fsp3) is 0.667. The Hall–Kier alpha value is -1.69. The number of piperidine rings is 1. The second kappa shape index (κ2) is 6.39. The highest BCUT2D eigenvalue weighted by Crippen LogP contribution is 2.21. The van der Waals surface area contributed by atoms with Crippen molar-refractivity contribution in [1.82, 2.24) is 19.8 Å². The lowest BCUT2D eigenvalue weighted by molar-refractivity contribution is 0.0554. The van der Waals surface area contributed by atoms with E-state index in [0.29, 0.717) is 5.69 Å². The number of hydrogen-bond acceptors (Lipinski definition) is 4. The lowest BCUT2D eigenvalue weighted by Crippen LogP contribution is -2.49. The van der Waals surface area contributed by atoms with Crippen LogP contribution in [0.5, 0.6) is 0 Å². The quantitative estimate of drug-likeness (QED) is 0.896. The number of aromatic nitrogens is 2. The molecule has 0 spiro atoms. The van der Waals surface area contributed by atoms with Gasteiger partial charge in [-0.05, 0) is 45.2 Å². The van der Waals surface area contributed by atoms with Crippen LogP contribution in [0.15, 0.2) is 17.2 Å². The van der Waals surface area contributed by atoms with Gasteiger partial charge >= 0.3 is 0 Å². The highest BCUT2D eigenvalue weighted by molar-refractivity contribution is 5.92. The zero-order valence-electron chi connectivity index (χ0n) is 12.3. The molecule has 1 aromatic heterocycles. The van der Waals surface area contributed by atoms with Gasteiger partial charge in [0.25, 0.3) is 11.5 Å². The monoisotopic (exact) mass is 290 g/mol. The topological polar surface area (TPSA) is 69.3 Å². The summed E-state index contributed by atoms with van der Waals surface area (Å²) in [6.07, 6.45) is 8.42. The Morgan fingerprint density at radius 2 is 1.95 bits per heavy atom. The molecule has 6 heteroatoms. The Kier molecular flexibility index (Phi) is 4.34. The standard InChI is InChI=1S/C15H22N4O2/c20-14-10-16-9-13(17-14)15(21)19-8-2-1-5-12(19)11-18-6-3-4-7-18/h9-10,12H,1-8,11H2,(H,17,20). The van der Waals surface area contributed by atoms with Gasteiger partial charge in [-0.2, -0.15) is 0 Å². The second-order valence-electron chi connectivity index (χ2n) is 5.97. The van der Waals surface area contributed by atoms with E-state index in [1.165, 1.54) is 31.7 Å². The number of rotatable bonds is 3. The van der Waals surface area contributed by atoms with Crippen LogP contribution in [-0.4, -0.2) is 57.9 Å². The summed E-state index contributed by atoms with van der Waals surface area (Å²) in [5, 5.41) is 0. The van der Waals surface area contributed by atoms with Gasteiger partial charge in [0, 0.05) is 19.1 Å². The maximum Gasteiger partial charge on any atom is 0.272 e. The zero-order chi connectivity index (χ0) is 14.7. The van der Waals surface area contributed by atoms with Crippen molar-refractivity contribution in [2.24, 2.45) is 0 Å². The minimum Gasteiger partial charge on any atom is -0.333 e. The predicted molar refractivity (Wildman–Crippen MR) is 79.2 cm³/mol. The van der Waals surface area contributed by atoms with Crippen LogP contribution in [0, 0.1) is 0 Å². The van der Waals surface area contributed by atoms with Crippen molar-refractivity contribution >= 4 is 5.91 Å².